The molecule has 0 aliphatic heterocycles. The Labute approximate surface area is 117 Å². The highest BCUT2D eigenvalue weighted by Gasteiger charge is 2.57. The number of ether oxygens (including phenoxy) is 1. The fourth-order valence-electron chi connectivity index (χ4n) is 2.03. The topological polar surface area (TPSA) is 75.6 Å². The van der Waals surface area contributed by atoms with Crippen molar-refractivity contribution in [3.05, 3.63) is 23.8 Å². The first kappa shape index (κ1) is 14.4. The lowest BCUT2D eigenvalue weighted by Gasteiger charge is -2.15. The molecule has 108 valence electrons. The summed E-state index contributed by atoms with van der Waals surface area (Å²) in [6.07, 6.45) is 0.888. The predicted octanol–water partition coefficient (Wildman–Crippen LogP) is 2.59. The van der Waals surface area contributed by atoms with Crippen LogP contribution in [-0.4, -0.2) is 23.1 Å². The maximum Gasteiger partial charge on any atom is 0.319 e. The van der Waals surface area contributed by atoms with Crippen LogP contribution >= 0.6 is 0 Å². The van der Waals surface area contributed by atoms with Gasteiger partial charge in [0.05, 0.1) is 6.10 Å². The van der Waals surface area contributed by atoms with Crippen molar-refractivity contribution in [3.63, 3.8) is 0 Å². The van der Waals surface area contributed by atoms with E-state index in [4.69, 9.17) is 9.84 Å². The number of carbonyl (C=O) groups excluding carboxylic acids is 1. The van der Waals surface area contributed by atoms with E-state index in [9.17, 15) is 9.59 Å². The highest BCUT2D eigenvalue weighted by atomic mass is 16.5. The van der Waals surface area contributed by atoms with Crippen molar-refractivity contribution in [1.82, 2.24) is 0 Å². The second kappa shape index (κ2) is 5.15. The van der Waals surface area contributed by atoms with Crippen LogP contribution in [0, 0.1) is 12.3 Å². The van der Waals surface area contributed by atoms with E-state index in [1.54, 1.807) is 18.2 Å². The first-order valence-corrected chi connectivity index (χ1v) is 6.67. The van der Waals surface area contributed by atoms with Crippen LogP contribution in [0.25, 0.3) is 0 Å². The third-order valence-corrected chi connectivity index (χ3v) is 3.39. The quantitative estimate of drug-likeness (QED) is 0.811. The fourth-order valence-corrected chi connectivity index (χ4v) is 2.03. The Bertz CT molecular complexity index is 547. The molecular weight excluding hydrogens is 258 g/mol. The van der Waals surface area contributed by atoms with Gasteiger partial charge in [-0.1, -0.05) is 0 Å². The van der Waals surface area contributed by atoms with Crippen molar-refractivity contribution in [1.29, 1.82) is 0 Å². The zero-order chi connectivity index (χ0) is 14.9. The van der Waals surface area contributed by atoms with Crippen LogP contribution in [0.1, 0.15) is 32.3 Å². The van der Waals surface area contributed by atoms with E-state index in [1.807, 2.05) is 20.8 Å². The van der Waals surface area contributed by atoms with E-state index in [-0.39, 0.29) is 6.10 Å². The van der Waals surface area contributed by atoms with Crippen LogP contribution in [-0.2, 0) is 9.59 Å². The fraction of sp³-hybridized carbons (Fsp3) is 0.467. The Balaban J connectivity index is 2.09. The number of hydrogen-bond donors (Lipinski definition) is 2. The lowest BCUT2D eigenvalue weighted by molar-refractivity contribution is -0.147. The minimum absolute atomic E-state index is 0.0795. The molecule has 5 nitrogen and oxygen atoms in total. The number of rotatable bonds is 5. The molecule has 1 aromatic carbocycles. The predicted molar refractivity (Wildman–Crippen MR) is 74.9 cm³/mol. The summed E-state index contributed by atoms with van der Waals surface area (Å²) in [6.45, 7) is 5.77. The van der Waals surface area contributed by atoms with E-state index < -0.39 is 17.3 Å². The number of nitrogens with one attached hydrogen (secondary N) is 1. The lowest BCUT2D eigenvalue weighted by atomic mass is 10.1. The van der Waals surface area contributed by atoms with Gasteiger partial charge in [-0.15, -0.1) is 0 Å². The number of benzene rings is 1. The molecule has 0 heterocycles. The molecule has 0 unspecified atom stereocenters. The van der Waals surface area contributed by atoms with Crippen molar-refractivity contribution in [2.24, 2.45) is 5.41 Å². The summed E-state index contributed by atoms with van der Waals surface area (Å²) >= 11 is 0. The molecule has 1 saturated carbocycles. The maximum absolute atomic E-state index is 12.0. The van der Waals surface area contributed by atoms with Gasteiger partial charge in [0, 0.05) is 5.69 Å². The molecule has 1 aromatic rings. The number of aryl methyl sites for hydroxylation is 1. The zero-order valence-corrected chi connectivity index (χ0v) is 11.9. The molecule has 1 aliphatic carbocycles. The minimum atomic E-state index is -1.22. The van der Waals surface area contributed by atoms with Gasteiger partial charge in [0.1, 0.15) is 11.2 Å². The molecule has 1 aliphatic rings. The summed E-state index contributed by atoms with van der Waals surface area (Å²) in [5.41, 5.74) is 0.272. The van der Waals surface area contributed by atoms with E-state index in [0.29, 0.717) is 18.5 Å². The lowest BCUT2D eigenvalue weighted by Crippen LogP contribution is -2.31. The summed E-state index contributed by atoms with van der Waals surface area (Å²) in [7, 11) is 0. The Kier molecular flexibility index (Phi) is 3.70. The zero-order valence-electron chi connectivity index (χ0n) is 11.9. The largest absolute Gasteiger partial charge is 0.491 e. The summed E-state index contributed by atoms with van der Waals surface area (Å²) in [5.74, 6) is -0.731. The highest BCUT2D eigenvalue weighted by Crippen LogP contribution is 2.46. The number of carboxylic acids is 1. The van der Waals surface area contributed by atoms with Crippen LogP contribution < -0.4 is 10.1 Å². The molecule has 1 amide bonds. The SMILES string of the molecule is Cc1cc(NC(=O)C2(C(=O)O)CC2)ccc1OC(C)C. The molecule has 2 N–H and O–H groups in total. The standard InChI is InChI=1S/C15H19NO4/c1-9(2)20-12-5-4-11(8-10(12)3)16-13(17)15(6-7-15)14(18)19/h4-5,8-9H,6-7H2,1-3H3,(H,16,17)(H,18,19). The van der Waals surface area contributed by atoms with Crippen molar-refractivity contribution in [2.75, 3.05) is 5.32 Å². The second-order valence-electron chi connectivity index (χ2n) is 5.49. The van der Waals surface area contributed by atoms with E-state index in [1.165, 1.54) is 0 Å². The molecule has 1 fully saturated rings. The Hall–Kier alpha value is -2.04. The molecule has 0 atom stereocenters. The van der Waals surface area contributed by atoms with Crippen LogP contribution in [0.5, 0.6) is 5.75 Å². The number of hydrogen-bond acceptors (Lipinski definition) is 3. The Morgan fingerprint density at radius 3 is 2.45 bits per heavy atom. The smallest absolute Gasteiger partial charge is 0.319 e. The van der Waals surface area contributed by atoms with Gasteiger partial charge in [-0.2, -0.15) is 0 Å². The van der Waals surface area contributed by atoms with Crippen LogP contribution in [0.2, 0.25) is 0 Å². The third-order valence-electron chi connectivity index (χ3n) is 3.39. The van der Waals surface area contributed by atoms with Gasteiger partial charge in [0.2, 0.25) is 5.91 Å². The van der Waals surface area contributed by atoms with Crippen molar-refractivity contribution in [3.8, 4) is 5.75 Å². The van der Waals surface area contributed by atoms with Crippen LogP contribution in [0.15, 0.2) is 18.2 Å². The van der Waals surface area contributed by atoms with Crippen LogP contribution in [0.3, 0.4) is 0 Å². The molecule has 0 spiro atoms. The molecular formula is C15H19NO4. The number of aliphatic carboxylic acids is 1. The third kappa shape index (κ3) is 2.76. The second-order valence-corrected chi connectivity index (χ2v) is 5.49. The average molecular weight is 277 g/mol. The Morgan fingerprint density at radius 2 is 2.00 bits per heavy atom. The van der Waals surface area contributed by atoms with Gasteiger partial charge in [0.15, 0.2) is 0 Å². The molecule has 20 heavy (non-hydrogen) atoms. The van der Waals surface area contributed by atoms with Gasteiger partial charge in [0.25, 0.3) is 0 Å². The Morgan fingerprint density at radius 1 is 1.35 bits per heavy atom. The molecule has 2 rings (SSSR count). The average Bonchev–Trinajstić information content (AvgIpc) is 3.13. The normalized spacial score (nSPS) is 15.8. The minimum Gasteiger partial charge on any atom is -0.491 e. The van der Waals surface area contributed by atoms with Crippen molar-refractivity contribution >= 4 is 17.6 Å². The summed E-state index contributed by atoms with van der Waals surface area (Å²) < 4.78 is 5.62. The van der Waals surface area contributed by atoms with Crippen molar-refractivity contribution < 1.29 is 19.4 Å². The summed E-state index contributed by atoms with van der Waals surface area (Å²) in [5, 5.41) is 11.7. The van der Waals surface area contributed by atoms with E-state index in [2.05, 4.69) is 5.32 Å². The van der Waals surface area contributed by atoms with Gasteiger partial charge in [-0.3, -0.25) is 9.59 Å². The molecule has 0 radical (unpaired) electrons. The number of amides is 1. The first-order chi connectivity index (χ1) is 9.35. The van der Waals surface area contributed by atoms with Gasteiger partial charge in [-0.05, 0) is 57.4 Å². The molecule has 0 saturated heterocycles. The van der Waals surface area contributed by atoms with Gasteiger partial charge in [-0.25, -0.2) is 0 Å². The number of carbonyl (C=O) groups is 2. The molecule has 0 bridgehead atoms. The van der Waals surface area contributed by atoms with Crippen LogP contribution in [0.4, 0.5) is 5.69 Å². The number of carboxylic acid groups (broad SMARTS) is 1. The summed E-state index contributed by atoms with van der Waals surface area (Å²) in [6, 6.07) is 5.29. The molecule has 0 aromatic heterocycles. The number of anilines is 1. The molecule has 5 heteroatoms. The van der Waals surface area contributed by atoms with E-state index in [0.717, 1.165) is 11.3 Å². The van der Waals surface area contributed by atoms with Gasteiger partial charge < -0.3 is 15.2 Å². The van der Waals surface area contributed by atoms with Crippen molar-refractivity contribution in [2.45, 2.75) is 39.7 Å². The maximum atomic E-state index is 12.0. The highest BCUT2D eigenvalue weighted by molar-refractivity contribution is 6.10. The van der Waals surface area contributed by atoms with E-state index >= 15 is 0 Å². The van der Waals surface area contributed by atoms with Gasteiger partial charge >= 0.3 is 5.97 Å². The summed E-state index contributed by atoms with van der Waals surface area (Å²) in [4.78, 5) is 23.1. The monoisotopic (exact) mass is 277 g/mol. The first-order valence-electron chi connectivity index (χ1n) is 6.67.